The fourth-order valence-electron chi connectivity index (χ4n) is 3.21. The van der Waals surface area contributed by atoms with Crippen LogP contribution >= 0.6 is 11.6 Å². The zero-order valence-electron chi connectivity index (χ0n) is 13.9. The highest BCUT2D eigenvalue weighted by atomic mass is 35.5. The molecule has 0 bridgehead atoms. The highest BCUT2D eigenvalue weighted by Gasteiger charge is 2.33. The van der Waals surface area contributed by atoms with Gasteiger partial charge in [0.25, 0.3) is 0 Å². The van der Waals surface area contributed by atoms with Crippen molar-refractivity contribution >= 4 is 29.0 Å². The summed E-state index contributed by atoms with van der Waals surface area (Å²) in [5.74, 6) is 0.125. The molecule has 3 aromatic heterocycles. The van der Waals surface area contributed by atoms with Crippen molar-refractivity contribution in [2.24, 2.45) is 0 Å². The van der Waals surface area contributed by atoms with E-state index in [1.807, 2.05) is 4.90 Å². The maximum atomic E-state index is 13.6. The van der Waals surface area contributed by atoms with Gasteiger partial charge in [-0.25, -0.2) is 24.1 Å². The number of pyridine rings is 1. The number of rotatable bonds is 3. The first-order valence-corrected chi connectivity index (χ1v) is 8.46. The number of carbonyl (C=O) groups is 1. The molecule has 0 N–H and O–H groups in total. The van der Waals surface area contributed by atoms with Gasteiger partial charge in [-0.3, -0.25) is 4.40 Å². The summed E-state index contributed by atoms with van der Waals surface area (Å²) in [6.45, 7) is 0.661. The Labute approximate surface area is 153 Å². The van der Waals surface area contributed by atoms with Crippen LogP contribution in [0.25, 0.3) is 17.2 Å². The number of anilines is 1. The van der Waals surface area contributed by atoms with Crippen LogP contribution in [0.1, 0.15) is 12.8 Å². The molecular weight excluding hydrogens is 361 g/mol. The molecule has 0 amide bonds. The summed E-state index contributed by atoms with van der Waals surface area (Å²) in [6, 6.07) is 4.11. The standard InChI is InChI=1S/C17H15ClFN5O2/c1-26-17(25)11-3-2-6-23(11)15-7-13(18)21-16(22-15)12-8-20-14-5-4-10(19)9-24(12)14/h4-5,7-9,11H,2-3,6H2,1H3/t11-/m0/s1. The van der Waals surface area contributed by atoms with Crippen molar-refractivity contribution in [3.63, 3.8) is 0 Å². The number of fused-ring (bicyclic) bond motifs is 1. The molecule has 1 aliphatic rings. The Hall–Kier alpha value is -2.74. The minimum absolute atomic E-state index is 0.229. The van der Waals surface area contributed by atoms with E-state index in [2.05, 4.69) is 15.0 Å². The lowest BCUT2D eigenvalue weighted by Crippen LogP contribution is -2.37. The molecule has 4 heterocycles. The van der Waals surface area contributed by atoms with Gasteiger partial charge in [0.15, 0.2) is 5.82 Å². The van der Waals surface area contributed by atoms with Crippen molar-refractivity contribution in [3.8, 4) is 11.5 Å². The van der Waals surface area contributed by atoms with E-state index >= 15 is 0 Å². The molecule has 1 atom stereocenters. The number of halogens is 2. The summed E-state index contributed by atoms with van der Waals surface area (Å²) in [7, 11) is 1.37. The fraction of sp³-hybridized carbons (Fsp3) is 0.294. The van der Waals surface area contributed by atoms with E-state index in [1.54, 1.807) is 22.7 Å². The monoisotopic (exact) mass is 375 g/mol. The lowest BCUT2D eigenvalue weighted by Gasteiger charge is -2.24. The van der Waals surface area contributed by atoms with Crippen molar-refractivity contribution in [2.75, 3.05) is 18.6 Å². The van der Waals surface area contributed by atoms with E-state index in [0.717, 1.165) is 6.42 Å². The third-order valence-electron chi connectivity index (χ3n) is 4.40. The van der Waals surface area contributed by atoms with E-state index < -0.39 is 11.9 Å². The summed E-state index contributed by atoms with van der Waals surface area (Å²) >= 11 is 6.19. The molecule has 7 nitrogen and oxygen atoms in total. The van der Waals surface area contributed by atoms with Crippen molar-refractivity contribution in [3.05, 3.63) is 41.6 Å². The van der Waals surface area contributed by atoms with E-state index in [4.69, 9.17) is 16.3 Å². The van der Waals surface area contributed by atoms with Gasteiger partial charge in [0.1, 0.15) is 34.2 Å². The predicted molar refractivity (Wildman–Crippen MR) is 93.6 cm³/mol. The molecular formula is C17H15ClFN5O2. The second-order valence-corrected chi connectivity index (χ2v) is 6.35. The van der Waals surface area contributed by atoms with Crippen molar-refractivity contribution in [2.45, 2.75) is 18.9 Å². The van der Waals surface area contributed by atoms with Crippen LogP contribution in [0.3, 0.4) is 0 Å². The third kappa shape index (κ3) is 2.86. The van der Waals surface area contributed by atoms with Crippen molar-refractivity contribution < 1.29 is 13.9 Å². The molecule has 1 aliphatic heterocycles. The Kier molecular flexibility index (Phi) is 4.20. The van der Waals surface area contributed by atoms with E-state index in [1.165, 1.54) is 19.4 Å². The minimum Gasteiger partial charge on any atom is -0.467 e. The minimum atomic E-state index is -0.404. The zero-order chi connectivity index (χ0) is 18.3. The lowest BCUT2D eigenvalue weighted by atomic mass is 10.2. The molecule has 0 aromatic carbocycles. The normalized spacial score (nSPS) is 17.0. The number of hydrogen-bond donors (Lipinski definition) is 0. The van der Waals surface area contributed by atoms with Crippen LogP contribution in [0.2, 0.25) is 5.15 Å². The number of nitrogens with zero attached hydrogens (tertiary/aromatic N) is 5. The van der Waals surface area contributed by atoms with Crippen LogP contribution in [0.15, 0.2) is 30.6 Å². The molecule has 0 unspecified atom stereocenters. The van der Waals surface area contributed by atoms with Gasteiger partial charge in [-0.15, -0.1) is 0 Å². The first-order valence-electron chi connectivity index (χ1n) is 8.09. The van der Waals surface area contributed by atoms with Gasteiger partial charge in [-0.2, -0.15) is 0 Å². The van der Waals surface area contributed by atoms with Gasteiger partial charge in [-0.05, 0) is 25.0 Å². The van der Waals surface area contributed by atoms with Crippen LogP contribution < -0.4 is 4.90 Å². The second kappa shape index (κ2) is 6.53. The first-order chi connectivity index (χ1) is 12.6. The van der Waals surface area contributed by atoms with Gasteiger partial charge in [0.2, 0.25) is 0 Å². The number of imidazole rings is 1. The van der Waals surface area contributed by atoms with Crippen LogP contribution in [-0.2, 0) is 9.53 Å². The molecule has 1 saturated heterocycles. The van der Waals surface area contributed by atoms with E-state index in [0.29, 0.717) is 35.9 Å². The average Bonchev–Trinajstić information content (AvgIpc) is 3.27. The highest BCUT2D eigenvalue weighted by Crippen LogP contribution is 2.29. The van der Waals surface area contributed by atoms with Crippen LogP contribution in [0.5, 0.6) is 0 Å². The average molecular weight is 376 g/mol. The molecule has 0 aliphatic carbocycles. The maximum Gasteiger partial charge on any atom is 0.328 e. The second-order valence-electron chi connectivity index (χ2n) is 5.97. The number of methoxy groups -OCH3 is 1. The Bertz CT molecular complexity index is 992. The lowest BCUT2D eigenvalue weighted by molar-refractivity contribution is -0.141. The third-order valence-corrected chi connectivity index (χ3v) is 4.59. The number of carbonyl (C=O) groups excluding carboxylic acids is 1. The Morgan fingerprint density at radius 3 is 3.04 bits per heavy atom. The quantitative estimate of drug-likeness (QED) is 0.517. The summed E-state index contributed by atoms with van der Waals surface area (Å²) < 4.78 is 20.1. The topological polar surface area (TPSA) is 72.6 Å². The molecule has 0 spiro atoms. The maximum absolute atomic E-state index is 13.6. The Morgan fingerprint density at radius 2 is 2.23 bits per heavy atom. The predicted octanol–water partition coefficient (Wildman–Crippen LogP) is 2.73. The molecule has 3 aromatic rings. The highest BCUT2D eigenvalue weighted by molar-refractivity contribution is 6.29. The van der Waals surface area contributed by atoms with Crippen LogP contribution in [0.4, 0.5) is 10.2 Å². The molecule has 1 fully saturated rings. The molecule has 26 heavy (non-hydrogen) atoms. The summed E-state index contributed by atoms with van der Waals surface area (Å²) in [6.07, 6.45) is 4.41. The van der Waals surface area contributed by atoms with E-state index in [-0.39, 0.29) is 11.1 Å². The largest absolute Gasteiger partial charge is 0.467 e. The molecule has 9 heteroatoms. The van der Waals surface area contributed by atoms with Crippen molar-refractivity contribution in [1.29, 1.82) is 0 Å². The number of aromatic nitrogens is 4. The van der Waals surface area contributed by atoms with Gasteiger partial charge in [0, 0.05) is 18.8 Å². The Morgan fingerprint density at radius 1 is 1.38 bits per heavy atom. The smallest absolute Gasteiger partial charge is 0.328 e. The zero-order valence-corrected chi connectivity index (χ0v) is 14.6. The van der Waals surface area contributed by atoms with Gasteiger partial charge in [-0.1, -0.05) is 11.6 Å². The summed E-state index contributed by atoms with van der Waals surface area (Å²) in [5.41, 5.74) is 1.08. The molecule has 0 saturated carbocycles. The van der Waals surface area contributed by atoms with E-state index in [9.17, 15) is 9.18 Å². The first kappa shape index (κ1) is 16.7. The summed E-state index contributed by atoms with van der Waals surface area (Å²) in [5, 5.41) is 0.229. The van der Waals surface area contributed by atoms with Gasteiger partial charge >= 0.3 is 5.97 Å². The van der Waals surface area contributed by atoms with Gasteiger partial charge < -0.3 is 9.64 Å². The van der Waals surface area contributed by atoms with Crippen LogP contribution in [0, 0.1) is 5.82 Å². The van der Waals surface area contributed by atoms with Gasteiger partial charge in [0.05, 0.1) is 13.3 Å². The number of esters is 1. The fourth-order valence-corrected chi connectivity index (χ4v) is 3.39. The van der Waals surface area contributed by atoms with Crippen LogP contribution in [-0.4, -0.2) is 45.0 Å². The number of hydrogen-bond acceptors (Lipinski definition) is 6. The molecule has 0 radical (unpaired) electrons. The number of ether oxygens (including phenoxy) is 1. The summed E-state index contributed by atoms with van der Waals surface area (Å²) in [4.78, 5) is 26.9. The molecule has 134 valence electrons. The Balaban J connectivity index is 1.79. The van der Waals surface area contributed by atoms with Crippen molar-refractivity contribution in [1.82, 2.24) is 19.4 Å². The molecule has 4 rings (SSSR count). The SMILES string of the molecule is COC(=O)[C@@H]1CCCN1c1cc(Cl)nc(-c2cnc3ccc(F)cn23)n1.